The molecule has 2 N–H and O–H groups in total. The number of H-pyrrole nitrogens is 2. The highest BCUT2D eigenvalue weighted by Gasteiger charge is 2.13. The lowest BCUT2D eigenvalue weighted by atomic mass is 10.2. The summed E-state index contributed by atoms with van der Waals surface area (Å²) in [5.74, 6) is 0.371. The van der Waals surface area contributed by atoms with Crippen molar-refractivity contribution in [1.82, 2.24) is 30.1 Å². The Balaban J connectivity index is 2.03. The molecule has 3 aromatic heterocycles. The second-order valence-electron chi connectivity index (χ2n) is 4.68. The van der Waals surface area contributed by atoms with E-state index in [4.69, 9.17) is 0 Å². The van der Waals surface area contributed by atoms with Gasteiger partial charge in [0.2, 0.25) is 0 Å². The molecule has 0 atom stereocenters. The molecule has 0 radical (unpaired) electrons. The number of hydrogen-bond acceptors (Lipinski definition) is 5. The van der Waals surface area contributed by atoms with Crippen LogP contribution in [0.3, 0.4) is 0 Å². The van der Waals surface area contributed by atoms with Gasteiger partial charge in [0, 0.05) is 6.20 Å². The van der Waals surface area contributed by atoms with Crippen LogP contribution < -0.4 is 5.56 Å². The number of aromatic amines is 2. The Kier molecular flexibility index (Phi) is 2.34. The molecule has 7 nitrogen and oxygen atoms in total. The Hall–Kier alpha value is -3.09. The number of nitrogens with zero attached hydrogens (tertiary/aromatic N) is 4. The van der Waals surface area contributed by atoms with E-state index in [1.165, 1.54) is 6.20 Å². The third-order valence-electron chi connectivity index (χ3n) is 3.28. The molecular formula is C14H10N6O. The normalized spacial score (nSPS) is 11.3. The Labute approximate surface area is 118 Å². The van der Waals surface area contributed by atoms with E-state index in [1.807, 2.05) is 31.2 Å². The third kappa shape index (κ3) is 1.78. The molecule has 102 valence electrons. The van der Waals surface area contributed by atoms with Crippen molar-refractivity contribution in [3.8, 4) is 11.5 Å². The second-order valence-corrected chi connectivity index (χ2v) is 4.68. The van der Waals surface area contributed by atoms with E-state index < -0.39 is 0 Å². The molecule has 0 amide bonds. The summed E-state index contributed by atoms with van der Waals surface area (Å²) in [6, 6.07) is 7.57. The Morgan fingerprint density at radius 3 is 2.62 bits per heavy atom. The van der Waals surface area contributed by atoms with E-state index in [0.717, 1.165) is 11.0 Å². The molecule has 4 aromatic rings. The first-order chi connectivity index (χ1) is 10.2. The summed E-state index contributed by atoms with van der Waals surface area (Å²) in [5.41, 5.74) is 2.92. The minimum Gasteiger partial charge on any atom is -0.304 e. The van der Waals surface area contributed by atoms with Gasteiger partial charge in [-0.15, -0.1) is 0 Å². The standard InChI is InChI=1S/C14H10N6O/c1-7-11(17-10-5-3-2-4-9(10)16-7)13-18-12-8(6-15-20-12)14(21)19-13/h2-6H,1H3,(H2,15,18,19,20,21). The largest absolute Gasteiger partial charge is 0.304 e. The molecule has 3 heterocycles. The highest BCUT2D eigenvalue weighted by molar-refractivity contribution is 5.78. The lowest BCUT2D eigenvalue weighted by Gasteiger charge is -2.05. The zero-order valence-electron chi connectivity index (χ0n) is 11.1. The van der Waals surface area contributed by atoms with Crippen LogP contribution in [0, 0.1) is 6.92 Å². The number of fused-ring (bicyclic) bond motifs is 2. The van der Waals surface area contributed by atoms with Crippen molar-refractivity contribution < 1.29 is 0 Å². The quantitative estimate of drug-likeness (QED) is 0.550. The topological polar surface area (TPSA) is 100 Å². The zero-order valence-corrected chi connectivity index (χ0v) is 11.1. The first kappa shape index (κ1) is 11.7. The van der Waals surface area contributed by atoms with Gasteiger partial charge < -0.3 is 4.98 Å². The van der Waals surface area contributed by atoms with Gasteiger partial charge in [-0.2, -0.15) is 5.10 Å². The summed E-state index contributed by atoms with van der Waals surface area (Å²) in [6.45, 7) is 1.84. The fraction of sp³-hybridized carbons (Fsp3) is 0.0714. The number of benzene rings is 1. The fourth-order valence-corrected chi connectivity index (χ4v) is 2.27. The van der Waals surface area contributed by atoms with Crippen LogP contribution in [-0.2, 0) is 0 Å². The van der Waals surface area contributed by atoms with Crippen molar-refractivity contribution in [3.63, 3.8) is 0 Å². The minimum atomic E-state index is -0.252. The molecule has 0 unspecified atom stereocenters. The second kappa shape index (κ2) is 4.20. The molecule has 0 spiro atoms. The molecule has 0 saturated heterocycles. The average molecular weight is 278 g/mol. The number of nitrogens with one attached hydrogen (secondary N) is 2. The van der Waals surface area contributed by atoms with Gasteiger partial charge in [0.05, 0.1) is 16.7 Å². The van der Waals surface area contributed by atoms with E-state index >= 15 is 0 Å². The van der Waals surface area contributed by atoms with Gasteiger partial charge in [0.25, 0.3) is 5.56 Å². The van der Waals surface area contributed by atoms with Gasteiger partial charge in [-0.3, -0.25) is 9.89 Å². The van der Waals surface area contributed by atoms with E-state index in [-0.39, 0.29) is 5.56 Å². The zero-order chi connectivity index (χ0) is 14.4. The molecule has 0 aliphatic heterocycles. The Morgan fingerprint density at radius 2 is 1.81 bits per heavy atom. The maximum atomic E-state index is 12.0. The van der Waals surface area contributed by atoms with E-state index in [9.17, 15) is 4.79 Å². The smallest absolute Gasteiger partial charge is 0.262 e. The van der Waals surface area contributed by atoms with Gasteiger partial charge in [0.15, 0.2) is 11.5 Å². The number of para-hydroxylation sites is 2. The van der Waals surface area contributed by atoms with Gasteiger partial charge in [-0.05, 0) is 19.1 Å². The van der Waals surface area contributed by atoms with Gasteiger partial charge >= 0.3 is 0 Å². The molecule has 0 bridgehead atoms. The molecule has 21 heavy (non-hydrogen) atoms. The van der Waals surface area contributed by atoms with E-state index in [1.54, 1.807) is 0 Å². The van der Waals surface area contributed by atoms with Crippen molar-refractivity contribution >= 4 is 22.1 Å². The fourth-order valence-electron chi connectivity index (χ4n) is 2.27. The van der Waals surface area contributed by atoms with Crippen molar-refractivity contribution in [1.29, 1.82) is 0 Å². The number of rotatable bonds is 1. The van der Waals surface area contributed by atoms with Crippen LogP contribution in [0.4, 0.5) is 0 Å². The maximum absolute atomic E-state index is 12.0. The highest BCUT2D eigenvalue weighted by atomic mass is 16.1. The van der Waals surface area contributed by atoms with Crippen molar-refractivity contribution in [3.05, 3.63) is 46.5 Å². The van der Waals surface area contributed by atoms with Crippen molar-refractivity contribution in [2.45, 2.75) is 6.92 Å². The number of hydrogen-bond donors (Lipinski definition) is 2. The molecule has 4 rings (SSSR count). The van der Waals surface area contributed by atoms with Crippen LogP contribution in [-0.4, -0.2) is 30.1 Å². The van der Waals surface area contributed by atoms with Crippen LogP contribution in [0.15, 0.2) is 35.3 Å². The molecule has 0 aliphatic carbocycles. The lowest BCUT2D eigenvalue weighted by molar-refractivity contribution is 1.07. The summed E-state index contributed by atoms with van der Waals surface area (Å²) < 4.78 is 0. The predicted molar refractivity (Wildman–Crippen MR) is 77.8 cm³/mol. The van der Waals surface area contributed by atoms with Crippen molar-refractivity contribution in [2.75, 3.05) is 0 Å². The van der Waals surface area contributed by atoms with Crippen LogP contribution in [0.1, 0.15) is 5.69 Å². The predicted octanol–water partition coefficient (Wildman–Crippen LogP) is 1.56. The molecule has 0 aliphatic rings. The van der Waals surface area contributed by atoms with Gasteiger partial charge in [0.1, 0.15) is 11.1 Å². The summed E-state index contributed by atoms with van der Waals surface area (Å²) in [5, 5.41) is 7.01. The Morgan fingerprint density at radius 1 is 1.05 bits per heavy atom. The van der Waals surface area contributed by atoms with Crippen LogP contribution >= 0.6 is 0 Å². The molecule has 7 heteroatoms. The highest BCUT2D eigenvalue weighted by Crippen LogP contribution is 2.19. The lowest BCUT2D eigenvalue weighted by Crippen LogP contribution is -2.10. The third-order valence-corrected chi connectivity index (χ3v) is 3.28. The molecular weight excluding hydrogens is 268 g/mol. The van der Waals surface area contributed by atoms with Crippen LogP contribution in [0.2, 0.25) is 0 Å². The first-order valence-corrected chi connectivity index (χ1v) is 6.40. The molecule has 1 aromatic carbocycles. The van der Waals surface area contributed by atoms with Crippen LogP contribution in [0.25, 0.3) is 33.6 Å². The van der Waals surface area contributed by atoms with Gasteiger partial charge in [-0.1, -0.05) is 12.1 Å². The SMILES string of the molecule is Cc1nc2ccccc2nc1-c1nc2n[nH]cc2c(=O)[nH]1. The summed E-state index contributed by atoms with van der Waals surface area (Å²) in [7, 11) is 0. The summed E-state index contributed by atoms with van der Waals surface area (Å²) in [4.78, 5) is 28.1. The average Bonchev–Trinajstić information content (AvgIpc) is 2.95. The van der Waals surface area contributed by atoms with Gasteiger partial charge in [-0.25, -0.2) is 15.0 Å². The first-order valence-electron chi connectivity index (χ1n) is 6.40. The summed E-state index contributed by atoms with van der Waals surface area (Å²) >= 11 is 0. The maximum Gasteiger partial charge on any atom is 0.262 e. The van der Waals surface area contributed by atoms with E-state index in [0.29, 0.717) is 28.2 Å². The molecule has 0 saturated carbocycles. The monoisotopic (exact) mass is 278 g/mol. The molecule has 0 fully saturated rings. The van der Waals surface area contributed by atoms with Crippen LogP contribution in [0.5, 0.6) is 0 Å². The number of aromatic nitrogens is 6. The minimum absolute atomic E-state index is 0.252. The number of aryl methyl sites for hydroxylation is 1. The van der Waals surface area contributed by atoms with Crippen molar-refractivity contribution in [2.24, 2.45) is 0 Å². The Bertz CT molecular complexity index is 1030. The van der Waals surface area contributed by atoms with E-state index in [2.05, 4.69) is 30.1 Å². The summed E-state index contributed by atoms with van der Waals surface area (Å²) in [6.07, 6.45) is 1.52.